The molecule has 1 atom stereocenters. The Balaban J connectivity index is 1.36. The molecule has 31 heavy (non-hydrogen) atoms. The number of hydrogen-bond donors (Lipinski definition) is 1. The van der Waals surface area contributed by atoms with Crippen LogP contribution < -0.4 is 5.32 Å². The lowest BCUT2D eigenvalue weighted by Crippen LogP contribution is -2.47. The highest BCUT2D eigenvalue weighted by Crippen LogP contribution is 2.25. The molecule has 1 N–H and O–H groups in total. The number of likely N-dealkylation sites (N-methyl/N-ethyl adjacent to an activating group) is 1. The van der Waals surface area contributed by atoms with Crippen LogP contribution in [0.4, 0.5) is 0 Å². The fourth-order valence-electron chi connectivity index (χ4n) is 4.34. The molecule has 166 valence electrons. The molecule has 0 bridgehead atoms. The number of carbonyl (C=O) groups is 1. The van der Waals surface area contributed by atoms with Crippen molar-refractivity contribution in [2.45, 2.75) is 38.0 Å². The van der Waals surface area contributed by atoms with Crippen LogP contribution in [-0.2, 0) is 28.6 Å². The lowest BCUT2D eigenvalue weighted by molar-refractivity contribution is 0.0940. The third-order valence-electron chi connectivity index (χ3n) is 6.39. The summed E-state index contributed by atoms with van der Waals surface area (Å²) >= 11 is 0. The molecular formula is C24H31N3O3S. The van der Waals surface area contributed by atoms with E-state index in [9.17, 15) is 13.2 Å². The van der Waals surface area contributed by atoms with Crippen LogP contribution in [0.25, 0.3) is 0 Å². The van der Waals surface area contributed by atoms with Crippen molar-refractivity contribution in [3.63, 3.8) is 0 Å². The smallest absolute Gasteiger partial charge is 0.251 e. The van der Waals surface area contributed by atoms with E-state index < -0.39 is 10.0 Å². The molecule has 1 amide bonds. The van der Waals surface area contributed by atoms with E-state index in [2.05, 4.69) is 28.4 Å². The lowest BCUT2D eigenvalue weighted by atomic mass is 10.0. The Morgan fingerprint density at radius 1 is 1.00 bits per heavy atom. The Bertz CT molecular complexity index is 1040. The van der Waals surface area contributed by atoms with Gasteiger partial charge in [-0.3, -0.25) is 4.79 Å². The summed E-state index contributed by atoms with van der Waals surface area (Å²) in [5.41, 5.74) is 5.16. The minimum absolute atomic E-state index is 0.0376. The number of carbonyl (C=O) groups excluding carboxylic acids is 1. The van der Waals surface area contributed by atoms with E-state index >= 15 is 0 Å². The van der Waals surface area contributed by atoms with Gasteiger partial charge in [-0.25, -0.2) is 8.42 Å². The maximum atomic E-state index is 12.7. The predicted molar refractivity (Wildman–Crippen MR) is 122 cm³/mol. The summed E-state index contributed by atoms with van der Waals surface area (Å²) in [5, 5.41) is 3.06. The normalized spacial score (nSPS) is 18.5. The zero-order valence-electron chi connectivity index (χ0n) is 18.3. The molecule has 7 heteroatoms. The van der Waals surface area contributed by atoms with Gasteiger partial charge in [0.2, 0.25) is 10.0 Å². The summed E-state index contributed by atoms with van der Waals surface area (Å²) in [7, 11) is -1.35. The van der Waals surface area contributed by atoms with Crippen molar-refractivity contribution < 1.29 is 13.2 Å². The highest BCUT2D eigenvalue weighted by molar-refractivity contribution is 7.88. The molecule has 2 aromatic rings. The first-order valence-electron chi connectivity index (χ1n) is 11.0. The minimum Gasteiger partial charge on any atom is -0.346 e. The zero-order chi connectivity index (χ0) is 22.0. The maximum Gasteiger partial charge on any atom is 0.251 e. The molecule has 2 aromatic carbocycles. The van der Waals surface area contributed by atoms with Gasteiger partial charge in [0.15, 0.2) is 0 Å². The average Bonchev–Trinajstić information content (AvgIpc) is 3.22. The molecule has 0 radical (unpaired) electrons. The van der Waals surface area contributed by atoms with E-state index in [1.54, 1.807) is 28.6 Å². The van der Waals surface area contributed by atoms with E-state index in [4.69, 9.17) is 0 Å². The number of piperazine rings is 1. The van der Waals surface area contributed by atoms with Crippen LogP contribution in [0.2, 0.25) is 0 Å². The number of nitrogens with one attached hydrogen (secondary N) is 1. The highest BCUT2D eigenvalue weighted by Gasteiger charge is 2.26. The third kappa shape index (κ3) is 5.17. The van der Waals surface area contributed by atoms with Crippen molar-refractivity contribution >= 4 is 15.9 Å². The van der Waals surface area contributed by atoms with Crippen molar-refractivity contribution in [2.24, 2.45) is 0 Å². The van der Waals surface area contributed by atoms with Gasteiger partial charge in [0.05, 0.1) is 11.8 Å². The van der Waals surface area contributed by atoms with Gasteiger partial charge in [0, 0.05) is 31.7 Å². The Hall–Kier alpha value is -2.22. The van der Waals surface area contributed by atoms with E-state index in [0.717, 1.165) is 31.5 Å². The van der Waals surface area contributed by atoms with Gasteiger partial charge >= 0.3 is 0 Å². The van der Waals surface area contributed by atoms with Crippen LogP contribution in [-0.4, -0.2) is 56.8 Å². The Morgan fingerprint density at radius 2 is 1.68 bits per heavy atom. The predicted octanol–water partition coefficient (Wildman–Crippen LogP) is 2.74. The number of benzene rings is 2. The average molecular weight is 442 g/mol. The van der Waals surface area contributed by atoms with Crippen LogP contribution in [0.3, 0.4) is 0 Å². The monoisotopic (exact) mass is 441 g/mol. The molecule has 2 aliphatic rings. The van der Waals surface area contributed by atoms with Gasteiger partial charge in [-0.1, -0.05) is 30.3 Å². The van der Waals surface area contributed by atoms with Gasteiger partial charge < -0.3 is 10.2 Å². The van der Waals surface area contributed by atoms with Crippen LogP contribution >= 0.6 is 0 Å². The van der Waals surface area contributed by atoms with Gasteiger partial charge in [-0.15, -0.1) is 0 Å². The standard InChI is InChI=1S/C24H31N3O3S/c1-18(22-11-10-20-4-3-5-23(20)16-22)25-24(28)21-8-6-19(7-9-21)17-31(29,30)27-14-12-26(2)13-15-27/h6-11,16,18H,3-5,12-15,17H2,1-2H3,(H,25,28)/t18-/m1/s1. The first kappa shape index (κ1) is 22.0. The van der Waals surface area contributed by atoms with Crippen molar-refractivity contribution in [1.29, 1.82) is 0 Å². The first-order chi connectivity index (χ1) is 14.8. The lowest BCUT2D eigenvalue weighted by Gasteiger charge is -2.31. The van der Waals surface area contributed by atoms with Gasteiger partial charge in [-0.05, 0) is 67.6 Å². The van der Waals surface area contributed by atoms with Crippen LogP contribution in [0.15, 0.2) is 42.5 Å². The largest absolute Gasteiger partial charge is 0.346 e. The first-order valence-corrected chi connectivity index (χ1v) is 12.6. The number of amides is 1. The van der Waals surface area contributed by atoms with Crippen molar-refractivity contribution in [3.8, 4) is 0 Å². The Labute approximate surface area is 185 Å². The molecule has 0 saturated carbocycles. The summed E-state index contributed by atoms with van der Waals surface area (Å²) in [5.74, 6) is -0.189. The fourth-order valence-corrected chi connectivity index (χ4v) is 5.86. The van der Waals surface area contributed by atoms with Crippen LogP contribution in [0.5, 0.6) is 0 Å². The molecule has 0 aromatic heterocycles. The third-order valence-corrected chi connectivity index (χ3v) is 8.24. The second kappa shape index (κ2) is 9.10. The molecular weight excluding hydrogens is 410 g/mol. The fraction of sp³-hybridized carbons (Fsp3) is 0.458. The van der Waals surface area contributed by atoms with Gasteiger partial charge in [-0.2, -0.15) is 4.31 Å². The zero-order valence-corrected chi connectivity index (χ0v) is 19.1. The maximum absolute atomic E-state index is 12.7. The van der Waals surface area contributed by atoms with Gasteiger partial charge in [0.25, 0.3) is 5.91 Å². The molecule has 1 fully saturated rings. The molecule has 4 rings (SSSR count). The van der Waals surface area contributed by atoms with E-state index in [-0.39, 0.29) is 17.7 Å². The van der Waals surface area contributed by atoms with Crippen molar-refractivity contribution in [1.82, 2.24) is 14.5 Å². The Morgan fingerprint density at radius 3 is 2.39 bits per heavy atom. The SMILES string of the molecule is C[C@@H](NC(=O)c1ccc(CS(=O)(=O)N2CCN(C)CC2)cc1)c1ccc2c(c1)CCC2. The molecule has 1 aliphatic heterocycles. The number of sulfonamides is 1. The number of nitrogens with zero attached hydrogens (tertiary/aromatic N) is 2. The number of fused-ring (bicyclic) bond motifs is 1. The topological polar surface area (TPSA) is 69.7 Å². The Kier molecular flexibility index (Phi) is 6.46. The second-order valence-electron chi connectivity index (χ2n) is 8.73. The number of hydrogen-bond acceptors (Lipinski definition) is 4. The van der Waals surface area contributed by atoms with Crippen molar-refractivity contribution in [3.05, 3.63) is 70.3 Å². The van der Waals surface area contributed by atoms with Gasteiger partial charge in [0.1, 0.15) is 0 Å². The molecule has 0 unspecified atom stereocenters. The van der Waals surface area contributed by atoms with E-state index in [0.29, 0.717) is 24.2 Å². The molecule has 6 nitrogen and oxygen atoms in total. The summed E-state index contributed by atoms with van der Waals surface area (Å²) < 4.78 is 26.9. The summed E-state index contributed by atoms with van der Waals surface area (Å²) in [6.45, 7) is 4.55. The molecule has 1 aliphatic carbocycles. The number of rotatable bonds is 6. The van der Waals surface area contributed by atoms with E-state index in [1.165, 1.54) is 17.5 Å². The molecule has 1 saturated heterocycles. The molecule has 1 heterocycles. The van der Waals surface area contributed by atoms with E-state index in [1.807, 2.05) is 14.0 Å². The minimum atomic E-state index is -3.35. The summed E-state index contributed by atoms with van der Waals surface area (Å²) in [6, 6.07) is 13.3. The second-order valence-corrected chi connectivity index (χ2v) is 10.7. The van der Waals surface area contributed by atoms with Crippen LogP contribution in [0.1, 0.15) is 52.0 Å². The quantitative estimate of drug-likeness (QED) is 0.748. The molecule has 0 spiro atoms. The summed E-state index contributed by atoms with van der Waals surface area (Å²) in [4.78, 5) is 14.8. The van der Waals surface area contributed by atoms with Crippen LogP contribution in [0, 0.1) is 0 Å². The highest BCUT2D eigenvalue weighted by atomic mass is 32.2. The van der Waals surface area contributed by atoms with Crippen molar-refractivity contribution in [2.75, 3.05) is 33.2 Å². The summed E-state index contributed by atoms with van der Waals surface area (Å²) in [6.07, 6.45) is 3.46. The number of aryl methyl sites for hydroxylation is 2.